The molecule has 0 saturated heterocycles. The molecular weight excluding hydrogens is 218 g/mol. The molecule has 17 heavy (non-hydrogen) atoms. The average molecular weight is 241 g/mol. The third-order valence-electron chi connectivity index (χ3n) is 3.81. The first kappa shape index (κ1) is 14.0. The number of carboxylic acids is 1. The Hall–Kier alpha value is -1.06. The van der Waals surface area contributed by atoms with E-state index in [4.69, 9.17) is 5.11 Å². The molecule has 0 unspecified atom stereocenters. The molecule has 0 radical (unpaired) electrons. The van der Waals surface area contributed by atoms with E-state index in [-0.39, 0.29) is 12.3 Å². The zero-order valence-electron chi connectivity index (χ0n) is 10.9. The Labute approximate surface area is 103 Å². The van der Waals surface area contributed by atoms with Gasteiger partial charge in [0.05, 0.1) is 12.0 Å². The normalized spacial score (nSPS) is 18.7. The maximum Gasteiger partial charge on any atom is 0.305 e. The van der Waals surface area contributed by atoms with Crippen molar-refractivity contribution in [2.45, 2.75) is 63.8 Å². The van der Waals surface area contributed by atoms with E-state index in [0.717, 1.165) is 38.5 Å². The fourth-order valence-electron chi connectivity index (χ4n) is 2.77. The molecule has 1 amide bonds. The summed E-state index contributed by atoms with van der Waals surface area (Å²) in [7, 11) is 1.77. The summed E-state index contributed by atoms with van der Waals surface area (Å²) >= 11 is 0. The number of carboxylic acid groups (broad SMARTS) is 1. The van der Waals surface area contributed by atoms with Crippen molar-refractivity contribution in [1.29, 1.82) is 0 Å². The summed E-state index contributed by atoms with van der Waals surface area (Å²) in [5, 5.41) is 9.05. The number of nitrogens with zero attached hydrogens (tertiary/aromatic N) is 1. The van der Waals surface area contributed by atoms with E-state index in [1.165, 1.54) is 0 Å². The van der Waals surface area contributed by atoms with Gasteiger partial charge in [0, 0.05) is 13.5 Å². The predicted molar refractivity (Wildman–Crippen MR) is 65.7 cm³/mol. The van der Waals surface area contributed by atoms with Crippen molar-refractivity contribution in [3.63, 3.8) is 0 Å². The molecule has 4 heteroatoms. The van der Waals surface area contributed by atoms with Gasteiger partial charge in [-0.2, -0.15) is 0 Å². The highest BCUT2D eigenvalue weighted by atomic mass is 16.4. The third kappa shape index (κ3) is 3.45. The van der Waals surface area contributed by atoms with Crippen LogP contribution in [0.2, 0.25) is 0 Å². The lowest BCUT2D eigenvalue weighted by Gasteiger charge is -2.44. The van der Waals surface area contributed by atoms with Crippen molar-refractivity contribution < 1.29 is 14.7 Å². The fraction of sp³-hybridized carbons (Fsp3) is 0.846. The Balaban J connectivity index is 2.80. The molecule has 1 aliphatic carbocycles. The van der Waals surface area contributed by atoms with E-state index in [1.807, 2.05) is 6.92 Å². The number of hydrogen-bond donors (Lipinski definition) is 1. The van der Waals surface area contributed by atoms with Crippen LogP contribution in [0.15, 0.2) is 0 Å². The minimum atomic E-state index is -0.803. The van der Waals surface area contributed by atoms with E-state index in [9.17, 15) is 9.59 Å². The summed E-state index contributed by atoms with van der Waals surface area (Å²) in [6.45, 7) is 1.97. The number of rotatable bonds is 5. The van der Waals surface area contributed by atoms with E-state index in [0.29, 0.717) is 6.42 Å². The molecule has 0 aromatic carbocycles. The van der Waals surface area contributed by atoms with Gasteiger partial charge in [0.15, 0.2) is 0 Å². The molecule has 0 aromatic heterocycles. The minimum Gasteiger partial charge on any atom is -0.481 e. The van der Waals surface area contributed by atoms with Gasteiger partial charge in [-0.3, -0.25) is 9.59 Å². The fourth-order valence-corrected chi connectivity index (χ4v) is 2.77. The van der Waals surface area contributed by atoms with Crippen LogP contribution in [0, 0.1) is 0 Å². The first-order chi connectivity index (χ1) is 8.02. The molecule has 0 spiro atoms. The second kappa shape index (κ2) is 6.03. The number of aliphatic carboxylic acids is 1. The zero-order valence-corrected chi connectivity index (χ0v) is 10.9. The van der Waals surface area contributed by atoms with Crippen LogP contribution in [0.3, 0.4) is 0 Å². The number of carbonyl (C=O) groups is 2. The van der Waals surface area contributed by atoms with Gasteiger partial charge in [0.2, 0.25) is 5.91 Å². The highest BCUT2D eigenvalue weighted by Gasteiger charge is 2.39. The molecule has 1 fully saturated rings. The first-order valence-electron chi connectivity index (χ1n) is 6.50. The molecule has 98 valence electrons. The molecular formula is C13H23NO3. The zero-order chi connectivity index (χ0) is 12.9. The second-order valence-electron chi connectivity index (χ2n) is 5.06. The molecule has 0 aromatic rings. The lowest BCUT2D eigenvalue weighted by Crippen LogP contribution is -2.52. The van der Waals surface area contributed by atoms with E-state index < -0.39 is 11.5 Å². The summed E-state index contributed by atoms with van der Waals surface area (Å²) in [6.07, 6.45) is 6.25. The SMILES string of the molecule is CCCC(=O)N(C)C1(CC(=O)O)CCCCC1. The standard InChI is InChI=1S/C13H23NO3/c1-3-7-11(15)14(2)13(10-12(16)17)8-5-4-6-9-13/h3-10H2,1-2H3,(H,16,17). The van der Waals surface area contributed by atoms with E-state index in [1.54, 1.807) is 11.9 Å². The molecule has 1 aliphatic rings. The number of amides is 1. The van der Waals surface area contributed by atoms with Gasteiger partial charge >= 0.3 is 5.97 Å². The summed E-state index contributed by atoms with van der Waals surface area (Å²) < 4.78 is 0. The van der Waals surface area contributed by atoms with Crippen LogP contribution in [-0.2, 0) is 9.59 Å². The molecule has 4 nitrogen and oxygen atoms in total. The van der Waals surface area contributed by atoms with Crippen LogP contribution in [0.4, 0.5) is 0 Å². The van der Waals surface area contributed by atoms with Crippen molar-refractivity contribution in [2.24, 2.45) is 0 Å². The Bertz CT molecular complexity index is 282. The first-order valence-corrected chi connectivity index (χ1v) is 6.50. The largest absolute Gasteiger partial charge is 0.481 e. The minimum absolute atomic E-state index is 0.0793. The third-order valence-corrected chi connectivity index (χ3v) is 3.81. The lowest BCUT2D eigenvalue weighted by atomic mass is 9.78. The van der Waals surface area contributed by atoms with Gasteiger partial charge in [-0.15, -0.1) is 0 Å². The summed E-state index contributed by atoms with van der Waals surface area (Å²) in [4.78, 5) is 24.7. The summed E-state index contributed by atoms with van der Waals surface area (Å²) in [5.74, 6) is -0.723. The van der Waals surface area contributed by atoms with Crippen molar-refractivity contribution in [3.05, 3.63) is 0 Å². The Morgan fingerprint density at radius 2 is 1.82 bits per heavy atom. The maximum absolute atomic E-state index is 12.0. The number of hydrogen-bond acceptors (Lipinski definition) is 2. The average Bonchev–Trinajstić information content (AvgIpc) is 2.28. The molecule has 1 rings (SSSR count). The Kier molecular flexibility index (Phi) is 4.97. The van der Waals surface area contributed by atoms with Crippen LogP contribution in [0.1, 0.15) is 58.3 Å². The predicted octanol–water partition coefficient (Wildman–Crippen LogP) is 2.42. The van der Waals surface area contributed by atoms with Crippen LogP contribution in [0.5, 0.6) is 0 Å². The molecule has 0 bridgehead atoms. The Morgan fingerprint density at radius 1 is 1.24 bits per heavy atom. The van der Waals surface area contributed by atoms with Crippen molar-refractivity contribution >= 4 is 11.9 Å². The number of carbonyl (C=O) groups excluding carboxylic acids is 1. The van der Waals surface area contributed by atoms with Crippen molar-refractivity contribution in [3.8, 4) is 0 Å². The van der Waals surface area contributed by atoms with Gasteiger partial charge in [0.1, 0.15) is 0 Å². The van der Waals surface area contributed by atoms with Crippen LogP contribution < -0.4 is 0 Å². The maximum atomic E-state index is 12.0. The Morgan fingerprint density at radius 3 is 2.29 bits per heavy atom. The second-order valence-corrected chi connectivity index (χ2v) is 5.06. The van der Waals surface area contributed by atoms with E-state index >= 15 is 0 Å². The molecule has 0 aliphatic heterocycles. The van der Waals surface area contributed by atoms with Gasteiger partial charge in [-0.05, 0) is 19.3 Å². The molecule has 0 atom stereocenters. The van der Waals surface area contributed by atoms with Crippen LogP contribution in [0.25, 0.3) is 0 Å². The van der Waals surface area contributed by atoms with Crippen LogP contribution in [-0.4, -0.2) is 34.5 Å². The topological polar surface area (TPSA) is 57.6 Å². The lowest BCUT2D eigenvalue weighted by molar-refractivity contribution is -0.145. The van der Waals surface area contributed by atoms with Crippen molar-refractivity contribution in [1.82, 2.24) is 4.90 Å². The highest BCUT2D eigenvalue weighted by Crippen LogP contribution is 2.36. The van der Waals surface area contributed by atoms with Gasteiger partial charge < -0.3 is 10.0 Å². The van der Waals surface area contributed by atoms with Gasteiger partial charge in [-0.25, -0.2) is 0 Å². The summed E-state index contributed by atoms with van der Waals surface area (Å²) in [5.41, 5.74) is -0.434. The van der Waals surface area contributed by atoms with Crippen LogP contribution >= 0.6 is 0 Å². The van der Waals surface area contributed by atoms with Gasteiger partial charge in [0.25, 0.3) is 0 Å². The monoisotopic (exact) mass is 241 g/mol. The van der Waals surface area contributed by atoms with Gasteiger partial charge in [-0.1, -0.05) is 26.2 Å². The highest BCUT2D eigenvalue weighted by molar-refractivity contribution is 5.78. The summed E-state index contributed by atoms with van der Waals surface area (Å²) in [6, 6.07) is 0. The molecule has 0 heterocycles. The molecule has 1 saturated carbocycles. The van der Waals surface area contributed by atoms with E-state index in [2.05, 4.69) is 0 Å². The molecule has 1 N–H and O–H groups in total. The van der Waals surface area contributed by atoms with Crippen molar-refractivity contribution in [2.75, 3.05) is 7.05 Å². The quantitative estimate of drug-likeness (QED) is 0.804. The smallest absolute Gasteiger partial charge is 0.305 e.